The first-order valence-corrected chi connectivity index (χ1v) is 19.9. The second-order valence-corrected chi connectivity index (χ2v) is 24.5. The van der Waals surface area contributed by atoms with E-state index < -0.39 is 29.9 Å². The lowest BCUT2D eigenvalue weighted by molar-refractivity contribution is 0.214. The minimum atomic E-state index is -1.82. The van der Waals surface area contributed by atoms with Crippen molar-refractivity contribution in [2.24, 2.45) is 0 Å². The van der Waals surface area contributed by atoms with Crippen LogP contribution < -0.4 is 0 Å². The van der Waals surface area contributed by atoms with Crippen molar-refractivity contribution in [2.75, 3.05) is 0 Å². The van der Waals surface area contributed by atoms with Gasteiger partial charge in [0.05, 0.1) is 8.07 Å². The number of terminal acetylenes is 1. The Labute approximate surface area is 170 Å². The van der Waals surface area contributed by atoms with Crippen LogP contribution in [-0.4, -0.2) is 29.9 Å². The summed E-state index contributed by atoms with van der Waals surface area (Å²) < 4.78 is 13.1. The first kappa shape index (κ1) is 23.9. The van der Waals surface area contributed by atoms with Gasteiger partial charge in [-0.2, -0.15) is 0 Å². The van der Waals surface area contributed by atoms with E-state index in [2.05, 4.69) is 83.6 Å². The minimum Gasteiger partial charge on any atom is -0.405 e. The Morgan fingerprint density at radius 1 is 0.926 bits per heavy atom. The Morgan fingerprint density at radius 2 is 1.48 bits per heavy atom. The van der Waals surface area contributed by atoms with Gasteiger partial charge >= 0.3 is 0 Å². The lowest BCUT2D eigenvalue weighted by Crippen LogP contribution is -2.55. The molecule has 0 saturated heterocycles. The van der Waals surface area contributed by atoms with E-state index in [1.807, 2.05) is 24.3 Å². The molecular formula is C22H36O2Si3. The average molecular weight is 417 g/mol. The molecule has 2 nitrogen and oxygen atoms in total. The molecule has 148 valence electrons. The van der Waals surface area contributed by atoms with Gasteiger partial charge in [0.25, 0.3) is 0 Å². The molecule has 1 aromatic carbocycles. The monoisotopic (exact) mass is 416 g/mol. The van der Waals surface area contributed by atoms with E-state index in [1.54, 1.807) is 0 Å². The molecule has 0 spiro atoms. The summed E-state index contributed by atoms with van der Waals surface area (Å²) in [4.78, 5) is 0. The van der Waals surface area contributed by atoms with E-state index in [0.29, 0.717) is 0 Å². The summed E-state index contributed by atoms with van der Waals surface area (Å²) in [7, 11) is -5.28. The van der Waals surface area contributed by atoms with E-state index in [0.717, 1.165) is 11.1 Å². The van der Waals surface area contributed by atoms with Crippen molar-refractivity contribution >= 4 is 24.7 Å². The predicted molar refractivity (Wildman–Crippen MR) is 126 cm³/mol. The van der Waals surface area contributed by atoms with Crippen LogP contribution >= 0.6 is 0 Å². The van der Waals surface area contributed by atoms with Gasteiger partial charge in [0.1, 0.15) is 11.3 Å². The summed E-state index contributed by atoms with van der Waals surface area (Å²) >= 11 is 0. The van der Waals surface area contributed by atoms with Gasteiger partial charge in [-0.1, -0.05) is 55.6 Å². The van der Waals surface area contributed by atoms with Crippen LogP contribution in [0.4, 0.5) is 0 Å². The predicted octanol–water partition coefficient (Wildman–Crippen LogP) is 6.05. The van der Waals surface area contributed by atoms with Crippen LogP contribution in [0, 0.1) is 24.2 Å². The number of hydrogen-bond donors (Lipinski definition) is 0. The highest BCUT2D eigenvalue weighted by atomic mass is 28.4. The van der Waals surface area contributed by atoms with Crippen LogP contribution in [0.2, 0.25) is 58.9 Å². The third kappa shape index (κ3) is 7.44. The molecule has 0 amide bonds. The molecule has 0 aromatic heterocycles. The van der Waals surface area contributed by atoms with Gasteiger partial charge in [0, 0.05) is 11.1 Å². The SMILES string of the molecule is C#Cc1ccccc1C(C#CC(C)(O[Si](C)(C)C)[Si](C)(C)C)O[Si](C)(C)C. The minimum absolute atomic E-state index is 0.329. The van der Waals surface area contributed by atoms with Gasteiger partial charge in [0.2, 0.25) is 0 Å². The molecule has 2 atom stereocenters. The molecule has 0 fully saturated rings. The summed E-state index contributed by atoms with van der Waals surface area (Å²) in [6.07, 6.45) is 5.40. The van der Waals surface area contributed by atoms with Crippen molar-refractivity contribution in [2.45, 2.75) is 77.2 Å². The summed E-state index contributed by atoms with van der Waals surface area (Å²) in [5.41, 5.74) is 1.82. The van der Waals surface area contributed by atoms with Crippen molar-refractivity contribution in [3.05, 3.63) is 35.4 Å². The summed E-state index contributed by atoms with van der Waals surface area (Å²) in [6, 6.07) is 7.93. The standard InChI is InChI=1S/C22H36O2Si3/c1-12-19-15-13-14-16-20(19)21(23-26(6,7)8)17-18-22(2,25(3,4)5)24-27(9,10)11/h1,13-16,21H,2-11H3. The Morgan fingerprint density at radius 3 is 1.93 bits per heavy atom. The highest BCUT2D eigenvalue weighted by Gasteiger charge is 2.42. The molecule has 0 saturated carbocycles. The highest BCUT2D eigenvalue weighted by molar-refractivity contribution is 6.81. The molecule has 0 aliphatic heterocycles. The molecule has 1 aromatic rings. The second-order valence-electron chi connectivity index (χ2n) is 10.1. The van der Waals surface area contributed by atoms with Crippen molar-refractivity contribution in [3.8, 4) is 24.2 Å². The van der Waals surface area contributed by atoms with Crippen LogP contribution in [-0.2, 0) is 8.85 Å². The van der Waals surface area contributed by atoms with Gasteiger partial charge in [-0.05, 0) is 52.3 Å². The summed E-state index contributed by atoms with van der Waals surface area (Å²) in [5.74, 6) is 9.73. The fraction of sp³-hybridized carbons (Fsp3) is 0.545. The first-order chi connectivity index (χ1) is 12.1. The topological polar surface area (TPSA) is 18.5 Å². The number of rotatable bonds is 6. The highest BCUT2D eigenvalue weighted by Crippen LogP contribution is 2.30. The quantitative estimate of drug-likeness (QED) is 0.415. The smallest absolute Gasteiger partial charge is 0.185 e. The molecule has 0 N–H and O–H groups in total. The van der Waals surface area contributed by atoms with Crippen LogP contribution in [0.3, 0.4) is 0 Å². The third-order valence-corrected chi connectivity index (χ3v) is 9.51. The number of hydrogen-bond acceptors (Lipinski definition) is 2. The maximum atomic E-state index is 6.61. The Bertz CT molecular complexity index is 749. The molecule has 0 bridgehead atoms. The van der Waals surface area contributed by atoms with E-state index >= 15 is 0 Å². The van der Waals surface area contributed by atoms with E-state index in [1.165, 1.54) is 0 Å². The summed E-state index contributed by atoms with van der Waals surface area (Å²) in [5, 5.41) is -0.427. The van der Waals surface area contributed by atoms with Crippen LogP contribution in [0.15, 0.2) is 24.3 Å². The molecule has 27 heavy (non-hydrogen) atoms. The molecular weight excluding hydrogens is 380 g/mol. The van der Waals surface area contributed by atoms with Crippen molar-refractivity contribution in [3.63, 3.8) is 0 Å². The fourth-order valence-electron chi connectivity index (χ4n) is 2.56. The number of benzene rings is 1. The fourth-order valence-corrected chi connectivity index (χ4v) is 7.32. The Balaban J connectivity index is 3.47. The molecule has 1 rings (SSSR count). The van der Waals surface area contributed by atoms with E-state index in [-0.39, 0.29) is 6.10 Å². The van der Waals surface area contributed by atoms with E-state index in [9.17, 15) is 0 Å². The zero-order valence-corrected chi connectivity index (χ0v) is 21.8. The van der Waals surface area contributed by atoms with Crippen molar-refractivity contribution in [1.29, 1.82) is 0 Å². The van der Waals surface area contributed by atoms with Crippen LogP contribution in [0.1, 0.15) is 24.2 Å². The Hall–Kier alpha value is -1.09. The second kappa shape index (κ2) is 8.51. The van der Waals surface area contributed by atoms with Gasteiger partial charge in [0.15, 0.2) is 16.6 Å². The normalized spacial score (nSPS) is 15.9. The lowest BCUT2D eigenvalue weighted by atomic mass is 10.0. The van der Waals surface area contributed by atoms with Gasteiger partial charge in [-0.3, -0.25) is 0 Å². The molecule has 0 radical (unpaired) electrons. The zero-order valence-electron chi connectivity index (χ0n) is 18.8. The maximum absolute atomic E-state index is 6.61. The Kier molecular flexibility index (Phi) is 7.55. The van der Waals surface area contributed by atoms with Gasteiger partial charge in [-0.15, -0.1) is 6.42 Å². The van der Waals surface area contributed by atoms with Crippen molar-refractivity contribution < 1.29 is 8.85 Å². The molecule has 0 aliphatic rings. The third-order valence-electron chi connectivity index (χ3n) is 4.25. The summed E-state index contributed by atoms with van der Waals surface area (Å²) in [6.45, 7) is 22.3. The van der Waals surface area contributed by atoms with Gasteiger partial charge in [-0.25, -0.2) is 0 Å². The van der Waals surface area contributed by atoms with Crippen LogP contribution in [0.25, 0.3) is 0 Å². The first-order valence-electron chi connectivity index (χ1n) is 9.54. The lowest BCUT2D eigenvalue weighted by Gasteiger charge is -2.41. The molecule has 0 aliphatic carbocycles. The molecule has 5 heteroatoms. The zero-order chi connectivity index (χ0) is 21.1. The van der Waals surface area contributed by atoms with Crippen molar-refractivity contribution in [1.82, 2.24) is 0 Å². The largest absolute Gasteiger partial charge is 0.405 e. The van der Waals surface area contributed by atoms with Gasteiger partial charge < -0.3 is 8.85 Å². The molecule has 0 heterocycles. The maximum Gasteiger partial charge on any atom is 0.185 e. The van der Waals surface area contributed by atoms with E-state index in [4.69, 9.17) is 15.3 Å². The van der Waals surface area contributed by atoms with Crippen LogP contribution in [0.5, 0.6) is 0 Å². The average Bonchev–Trinajstić information content (AvgIpc) is 2.47. The molecule has 2 unspecified atom stereocenters.